The van der Waals surface area contributed by atoms with Crippen LogP contribution in [0.2, 0.25) is 0 Å². The lowest BCUT2D eigenvalue weighted by atomic mass is 10.2. The molecule has 1 aromatic rings. The fourth-order valence-corrected chi connectivity index (χ4v) is 1.16. The van der Waals surface area contributed by atoms with E-state index in [1.807, 2.05) is 4.98 Å². The summed E-state index contributed by atoms with van der Waals surface area (Å²) < 4.78 is 1.00. The van der Waals surface area contributed by atoms with E-state index in [2.05, 4.69) is 0 Å². The Morgan fingerprint density at radius 3 is 2.75 bits per heavy atom. The van der Waals surface area contributed by atoms with Crippen LogP contribution >= 0.6 is 0 Å². The molecule has 0 amide bonds. The molecule has 8 nitrogen and oxygen atoms in total. The van der Waals surface area contributed by atoms with Crippen molar-refractivity contribution >= 4 is 5.69 Å². The van der Waals surface area contributed by atoms with E-state index in [9.17, 15) is 19.7 Å². The van der Waals surface area contributed by atoms with Crippen molar-refractivity contribution in [3.63, 3.8) is 0 Å². The highest BCUT2D eigenvalue weighted by atomic mass is 16.6. The van der Waals surface area contributed by atoms with Gasteiger partial charge >= 0.3 is 16.9 Å². The third kappa shape index (κ3) is 2.54. The van der Waals surface area contributed by atoms with Gasteiger partial charge in [-0.2, -0.15) is 0 Å². The molecule has 0 spiro atoms. The lowest BCUT2D eigenvalue weighted by Gasteiger charge is -2.09. The number of nitrogens with zero attached hydrogens (tertiary/aromatic N) is 2. The predicted octanol–water partition coefficient (Wildman–Crippen LogP) is -0.927. The molecule has 1 rings (SSSR count). The SMILES string of the molecule is CC(CO)Cn1cc([N+](=O)[O-])c(=O)[nH]c1=O. The van der Waals surface area contributed by atoms with Crippen LogP contribution in [0.5, 0.6) is 0 Å². The van der Waals surface area contributed by atoms with Gasteiger partial charge in [-0.1, -0.05) is 6.92 Å². The Morgan fingerprint density at radius 1 is 1.62 bits per heavy atom. The molecular formula is C8H11N3O5. The van der Waals surface area contributed by atoms with E-state index in [1.165, 1.54) is 0 Å². The lowest BCUT2D eigenvalue weighted by Crippen LogP contribution is -2.32. The summed E-state index contributed by atoms with van der Waals surface area (Å²) in [5.74, 6) is -0.233. The molecule has 0 bridgehead atoms. The summed E-state index contributed by atoms with van der Waals surface area (Å²) in [6.07, 6.45) is 0.882. The Balaban J connectivity index is 3.20. The summed E-state index contributed by atoms with van der Waals surface area (Å²) in [5.41, 5.74) is -2.44. The summed E-state index contributed by atoms with van der Waals surface area (Å²) in [6.45, 7) is 1.62. The average Bonchev–Trinajstić information content (AvgIpc) is 2.21. The Morgan fingerprint density at radius 2 is 2.25 bits per heavy atom. The molecule has 2 N–H and O–H groups in total. The van der Waals surface area contributed by atoms with Crippen LogP contribution in [0.25, 0.3) is 0 Å². The number of aromatic nitrogens is 2. The third-order valence-electron chi connectivity index (χ3n) is 2.01. The molecule has 0 radical (unpaired) electrons. The van der Waals surface area contributed by atoms with Gasteiger partial charge in [-0.05, 0) is 5.92 Å². The number of aliphatic hydroxyl groups is 1. The highest BCUT2D eigenvalue weighted by Crippen LogP contribution is 2.02. The molecular weight excluding hydrogens is 218 g/mol. The maximum Gasteiger partial charge on any atom is 0.350 e. The molecule has 0 aromatic carbocycles. The highest BCUT2D eigenvalue weighted by Gasteiger charge is 2.15. The molecule has 0 saturated carbocycles. The molecule has 1 unspecified atom stereocenters. The Labute approximate surface area is 89.3 Å². The zero-order valence-corrected chi connectivity index (χ0v) is 8.54. The standard InChI is InChI=1S/C8H11N3O5/c1-5(4-12)2-10-3-6(11(15)16)7(13)9-8(10)14/h3,5,12H,2,4H2,1H3,(H,9,13,14). The maximum atomic E-state index is 11.3. The quantitative estimate of drug-likeness (QED) is 0.511. The van der Waals surface area contributed by atoms with Crippen LogP contribution in [-0.4, -0.2) is 26.2 Å². The van der Waals surface area contributed by atoms with Gasteiger partial charge in [0.25, 0.3) is 0 Å². The van der Waals surface area contributed by atoms with Crippen molar-refractivity contribution in [3.8, 4) is 0 Å². The summed E-state index contributed by atoms with van der Waals surface area (Å²) >= 11 is 0. The number of nitrogens with one attached hydrogen (secondary N) is 1. The van der Waals surface area contributed by atoms with Crippen molar-refractivity contribution in [1.82, 2.24) is 9.55 Å². The molecule has 0 saturated heterocycles. The molecule has 16 heavy (non-hydrogen) atoms. The monoisotopic (exact) mass is 229 g/mol. The van der Waals surface area contributed by atoms with Crippen LogP contribution in [0, 0.1) is 16.0 Å². The number of rotatable bonds is 4. The molecule has 0 aliphatic carbocycles. The normalized spacial score (nSPS) is 12.4. The zero-order chi connectivity index (χ0) is 12.3. The van der Waals surface area contributed by atoms with Gasteiger partial charge in [-0.3, -0.25) is 24.5 Å². The Hall–Kier alpha value is -1.96. The van der Waals surface area contributed by atoms with E-state index in [0.717, 1.165) is 10.8 Å². The van der Waals surface area contributed by atoms with Gasteiger partial charge < -0.3 is 5.11 Å². The molecule has 1 aromatic heterocycles. The van der Waals surface area contributed by atoms with E-state index >= 15 is 0 Å². The maximum absolute atomic E-state index is 11.3. The van der Waals surface area contributed by atoms with Gasteiger partial charge in [0.2, 0.25) is 0 Å². The molecule has 0 aliphatic heterocycles. The minimum absolute atomic E-state index is 0.104. The topological polar surface area (TPSA) is 118 Å². The van der Waals surface area contributed by atoms with Crippen molar-refractivity contribution in [1.29, 1.82) is 0 Å². The minimum Gasteiger partial charge on any atom is -0.396 e. The first-order valence-corrected chi connectivity index (χ1v) is 4.54. The first-order valence-electron chi connectivity index (χ1n) is 4.54. The van der Waals surface area contributed by atoms with Crippen molar-refractivity contribution in [2.24, 2.45) is 5.92 Å². The smallest absolute Gasteiger partial charge is 0.350 e. The Bertz CT molecular complexity index is 503. The van der Waals surface area contributed by atoms with Crippen LogP contribution < -0.4 is 11.2 Å². The molecule has 0 fully saturated rings. The second kappa shape index (κ2) is 4.71. The van der Waals surface area contributed by atoms with Crippen molar-refractivity contribution < 1.29 is 10.0 Å². The van der Waals surface area contributed by atoms with Gasteiger partial charge in [0, 0.05) is 13.2 Å². The summed E-state index contributed by atoms with van der Waals surface area (Å²) in [6, 6.07) is 0. The molecule has 0 aliphatic rings. The lowest BCUT2D eigenvalue weighted by molar-refractivity contribution is -0.386. The second-order valence-corrected chi connectivity index (χ2v) is 3.47. The highest BCUT2D eigenvalue weighted by molar-refractivity contribution is 5.20. The minimum atomic E-state index is -1.03. The first kappa shape index (κ1) is 12.1. The predicted molar refractivity (Wildman–Crippen MR) is 54.2 cm³/mol. The molecule has 8 heteroatoms. The van der Waals surface area contributed by atoms with Gasteiger partial charge in [-0.25, -0.2) is 4.79 Å². The van der Waals surface area contributed by atoms with Crippen LogP contribution in [0.1, 0.15) is 6.92 Å². The number of aliphatic hydroxyl groups excluding tert-OH is 1. The summed E-state index contributed by atoms with van der Waals surface area (Å²) in [5, 5.41) is 19.3. The van der Waals surface area contributed by atoms with Gasteiger partial charge in [0.1, 0.15) is 0 Å². The first-order chi connectivity index (χ1) is 7.45. The van der Waals surface area contributed by atoms with Crippen LogP contribution in [0.15, 0.2) is 15.8 Å². The summed E-state index contributed by atoms with van der Waals surface area (Å²) in [4.78, 5) is 33.7. The van der Waals surface area contributed by atoms with E-state index in [4.69, 9.17) is 5.11 Å². The van der Waals surface area contributed by atoms with E-state index in [0.29, 0.717) is 0 Å². The Kier molecular flexibility index (Phi) is 3.56. The van der Waals surface area contributed by atoms with Crippen LogP contribution in [0.4, 0.5) is 5.69 Å². The molecule has 88 valence electrons. The number of nitro groups is 1. The number of hydrogen-bond donors (Lipinski definition) is 2. The van der Waals surface area contributed by atoms with Gasteiger partial charge in [0.15, 0.2) is 0 Å². The molecule has 1 heterocycles. The number of aromatic amines is 1. The van der Waals surface area contributed by atoms with Crippen LogP contribution in [0.3, 0.4) is 0 Å². The van der Waals surface area contributed by atoms with Crippen molar-refractivity contribution in [3.05, 3.63) is 37.1 Å². The number of hydrogen-bond acceptors (Lipinski definition) is 5. The third-order valence-corrected chi connectivity index (χ3v) is 2.01. The molecule has 1 atom stereocenters. The van der Waals surface area contributed by atoms with Crippen molar-refractivity contribution in [2.45, 2.75) is 13.5 Å². The summed E-state index contributed by atoms with van der Waals surface area (Å²) in [7, 11) is 0. The van der Waals surface area contributed by atoms with E-state index in [-0.39, 0.29) is 19.1 Å². The van der Waals surface area contributed by atoms with Gasteiger partial charge in [-0.15, -0.1) is 0 Å². The second-order valence-electron chi connectivity index (χ2n) is 3.47. The fraction of sp³-hybridized carbons (Fsp3) is 0.500. The van der Waals surface area contributed by atoms with Crippen LogP contribution in [-0.2, 0) is 6.54 Å². The largest absolute Gasteiger partial charge is 0.396 e. The van der Waals surface area contributed by atoms with E-state index < -0.39 is 21.9 Å². The van der Waals surface area contributed by atoms with Gasteiger partial charge in [0.05, 0.1) is 11.1 Å². The van der Waals surface area contributed by atoms with E-state index in [1.54, 1.807) is 6.92 Å². The number of H-pyrrole nitrogens is 1. The zero-order valence-electron chi connectivity index (χ0n) is 8.54. The van der Waals surface area contributed by atoms with Crippen molar-refractivity contribution in [2.75, 3.05) is 6.61 Å². The fourth-order valence-electron chi connectivity index (χ4n) is 1.16. The average molecular weight is 229 g/mol.